The Kier molecular flexibility index (Phi) is 8.35. The van der Waals surface area contributed by atoms with Crippen molar-refractivity contribution in [1.29, 1.82) is 0 Å². The molecule has 198 valence electrons. The quantitative estimate of drug-likeness (QED) is 0.365. The molecule has 2 aromatic heterocycles. The van der Waals surface area contributed by atoms with E-state index < -0.39 is 36.0 Å². The number of nitrogens with zero attached hydrogens (tertiary/aromatic N) is 2. The van der Waals surface area contributed by atoms with Gasteiger partial charge in [-0.2, -0.15) is 18.3 Å². The number of rotatable bonds is 9. The van der Waals surface area contributed by atoms with Gasteiger partial charge >= 0.3 is 12.1 Å². The number of halogens is 3. The van der Waals surface area contributed by atoms with Gasteiger partial charge in [0.05, 0.1) is 18.5 Å². The normalized spacial score (nSPS) is 13.2. The summed E-state index contributed by atoms with van der Waals surface area (Å²) < 4.78 is 48.7. The maximum absolute atomic E-state index is 12.7. The molecule has 0 saturated carbocycles. The highest BCUT2D eigenvalue weighted by atomic mass is 19.4. The molecular weight excluding hydrogens is 495 g/mol. The largest absolute Gasteiger partial charge is 0.464 e. The third-order valence-corrected chi connectivity index (χ3v) is 5.29. The van der Waals surface area contributed by atoms with Crippen molar-refractivity contribution in [2.45, 2.75) is 46.0 Å². The number of nitrogens with one attached hydrogen (secondary N) is 3. The minimum absolute atomic E-state index is 0.108. The maximum Gasteiger partial charge on any atom is 0.408 e. The first-order chi connectivity index (χ1) is 17.4. The number of oxazole rings is 1. The topological polar surface area (TPSA) is 139 Å². The molecule has 1 unspecified atom stereocenters. The van der Waals surface area contributed by atoms with Gasteiger partial charge in [-0.15, -0.1) is 0 Å². The van der Waals surface area contributed by atoms with Gasteiger partial charge in [-0.1, -0.05) is 26.0 Å². The number of ether oxygens (including phenoxy) is 1. The van der Waals surface area contributed by atoms with E-state index in [2.05, 4.69) is 20.5 Å². The number of benzene rings is 1. The molecule has 3 N–H and O–H groups in total. The summed E-state index contributed by atoms with van der Waals surface area (Å²) in [4.78, 5) is 41.0. The Morgan fingerprint density at radius 2 is 1.78 bits per heavy atom. The molecule has 2 amide bonds. The summed E-state index contributed by atoms with van der Waals surface area (Å²) in [5, 5.41) is 10.9. The van der Waals surface area contributed by atoms with Crippen LogP contribution in [-0.4, -0.2) is 57.8 Å². The molecule has 37 heavy (non-hydrogen) atoms. The third-order valence-electron chi connectivity index (χ3n) is 5.29. The molecule has 0 aliphatic rings. The van der Waals surface area contributed by atoms with E-state index in [-0.39, 0.29) is 29.9 Å². The van der Waals surface area contributed by atoms with Gasteiger partial charge < -0.3 is 19.8 Å². The predicted octanol–water partition coefficient (Wildman–Crippen LogP) is 3.73. The first-order valence-electron chi connectivity index (χ1n) is 11.4. The molecule has 2 atom stereocenters. The standard InChI is InChI=1S/C24H26F3N5O5/c1-5-36-23(35)19(12(2)3)30-21(34)18-11-28-22(37-18)15-8-6-7-14(9-15)16-10-17(32-31-16)20(33)29-13(4)24(25,26)27/h6-13,19H,5H2,1-4H3,(H,29,33)(H,30,34)(H,31,32)/t13?,19-/m0/s1. The van der Waals surface area contributed by atoms with Crippen LogP contribution in [0, 0.1) is 5.92 Å². The molecule has 0 radical (unpaired) electrons. The first kappa shape index (κ1) is 27.4. The summed E-state index contributed by atoms with van der Waals surface area (Å²) >= 11 is 0. The van der Waals surface area contributed by atoms with Gasteiger partial charge in [0.1, 0.15) is 17.8 Å². The van der Waals surface area contributed by atoms with Crippen molar-refractivity contribution >= 4 is 17.8 Å². The zero-order valence-electron chi connectivity index (χ0n) is 20.5. The van der Waals surface area contributed by atoms with Crippen LogP contribution in [0.1, 0.15) is 48.7 Å². The summed E-state index contributed by atoms with van der Waals surface area (Å²) in [6, 6.07) is 5.03. The Morgan fingerprint density at radius 3 is 2.43 bits per heavy atom. The van der Waals surface area contributed by atoms with E-state index >= 15 is 0 Å². The van der Waals surface area contributed by atoms with Crippen LogP contribution >= 0.6 is 0 Å². The fourth-order valence-corrected chi connectivity index (χ4v) is 3.21. The molecule has 0 aliphatic carbocycles. The molecule has 3 rings (SSSR count). The minimum atomic E-state index is -4.58. The molecule has 0 saturated heterocycles. The van der Waals surface area contributed by atoms with E-state index in [9.17, 15) is 27.6 Å². The number of hydrogen-bond acceptors (Lipinski definition) is 7. The number of H-pyrrole nitrogens is 1. The summed E-state index contributed by atoms with van der Waals surface area (Å²) in [6.45, 7) is 6.21. The lowest BCUT2D eigenvalue weighted by Gasteiger charge is -2.19. The number of amides is 2. The molecule has 1 aromatic carbocycles. The van der Waals surface area contributed by atoms with Gasteiger partial charge in [-0.05, 0) is 38.0 Å². The highest BCUT2D eigenvalue weighted by Crippen LogP contribution is 2.26. The van der Waals surface area contributed by atoms with Crippen LogP contribution in [0.25, 0.3) is 22.7 Å². The second-order valence-corrected chi connectivity index (χ2v) is 8.46. The monoisotopic (exact) mass is 521 g/mol. The van der Waals surface area contributed by atoms with Gasteiger partial charge in [-0.3, -0.25) is 14.7 Å². The summed E-state index contributed by atoms with van der Waals surface area (Å²) in [6.07, 6.45) is -3.36. The average molecular weight is 521 g/mol. The van der Waals surface area contributed by atoms with E-state index in [1.165, 1.54) is 12.3 Å². The van der Waals surface area contributed by atoms with E-state index in [1.807, 2.05) is 5.32 Å². The number of aromatic nitrogens is 3. The Hall–Kier alpha value is -4.16. The second kappa shape index (κ2) is 11.3. The molecular formula is C24H26F3N5O5. The maximum atomic E-state index is 12.7. The highest BCUT2D eigenvalue weighted by Gasteiger charge is 2.37. The van der Waals surface area contributed by atoms with Crippen LogP contribution < -0.4 is 10.6 Å². The van der Waals surface area contributed by atoms with E-state index in [0.717, 1.165) is 6.92 Å². The molecule has 0 bridgehead atoms. The zero-order valence-corrected chi connectivity index (χ0v) is 20.5. The molecule has 0 fully saturated rings. The predicted molar refractivity (Wildman–Crippen MR) is 125 cm³/mol. The van der Waals surface area contributed by atoms with Crippen molar-refractivity contribution in [1.82, 2.24) is 25.8 Å². The SMILES string of the molecule is CCOC(=O)[C@@H](NC(=O)c1cnc(-c2cccc(-c3cc(C(=O)NC(C)C(F)(F)F)[nH]n3)c2)o1)C(C)C. The smallest absolute Gasteiger partial charge is 0.408 e. The highest BCUT2D eigenvalue weighted by molar-refractivity contribution is 5.95. The Morgan fingerprint density at radius 1 is 1.08 bits per heavy atom. The lowest BCUT2D eigenvalue weighted by Crippen LogP contribution is -2.45. The number of hydrogen-bond donors (Lipinski definition) is 3. The first-order valence-corrected chi connectivity index (χ1v) is 11.4. The molecule has 13 heteroatoms. The van der Waals surface area contributed by atoms with Crippen molar-refractivity contribution in [2.24, 2.45) is 5.92 Å². The molecule has 0 aliphatic heterocycles. The van der Waals surface area contributed by atoms with E-state index in [0.29, 0.717) is 16.8 Å². The number of aromatic amines is 1. The lowest BCUT2D eigenvalue weighted by atomic mass is 10.0. The van der Waals surface area contributed by atoms with Gasteiger partial charge in [0.15, 0.2) is 0 Å². The van der Waals surface area contributed by atoms with E-state index in [1.54, 1.807) is 45.0 Å². The van der Waals surface area contributed by atoms with Crippen molar-refractivity contribution in [2.75, 3.05) is 6.61 Å². The minimum Gasteiger partial charge on any atom is -0.464 e. The number of alkyl halides is 3. The molecule has 0 spiro atoms. The van der Waals surface area contributed by atoms with Crippen LogP contribution in [0.2, 0.25) is 0 Å². The van der Waals surface area contributed by atoms with Crippen LogP contribution in [0.5, 0.6) is 0 Å². The van der Waals surface area contributed by atoms with Gasteiger partial charge in [0.2, 0.25) is 11.7 Å². The van der Waals surface area contributed by atoms with Crippen molar-refractivity contribution in [3.63, 3.8) is 0 Å². The Labute approximate surface area is 210 Å². The zero-order chi connectivity index (χ0) is 27.3. The van der Waals surface area contributed by atoms with Crippen molar-refractivity contribution in [3.05, 3.63) is 48.0 Å². The van der Waals surface area contributed by atoms with E-state index in [4.69, 9.17) is 9.15 Å². The summed E-state index contributed by atoms with van der Waals surface area (Å²) in [5.74, 6) is -2.38. The Balaban J connectivity index is 1.75. The van der Waals surface area contributed by atoms with Crippen molar-refractivity contribution in [3.8, 4) is 22.7 Å². The van der Waals surface area contributed by atoms with Gasteiger partial charge in [0, 0.05) is 11.1 Å². The fourth-order valence-electron chi connectivity index (χ4n) is 3.21. The van der Waals surface area contributed by atoms with Gasteiger partial charge in [-0.25, -0.2) is 9.78 Å². The summed E-state index contributed by atoms with van der Waals surface area (Å²) in [7, 11) is 0. The average Bonchev–Trinajstić information content (AvgIpc) is 3.52. The number of carbonyl (C=O) groups is 3. The third kappa shape index (κ3) is 6.74. The van der Waals surface area contributed by atoms with Gasteiger partial charge in [0.25, 0.3) is 11.8 Å². The lowest BCUT2D eigenvalue weighted by molar-refractivity contribution is -0.149. The van der Waals surface area contributed by atoms with Crippen LogP contribution in [0.4, 0.5) is 13.2 Å². The summed E-state index contributed by atoms with van der Waals surface area (Å²) in [5.41, 5.74) is 1.14. The Bertz CT molecular complexity index is 1270. The molecule has 10 nitrogen and oxygen atoms in total. The molecule has 2 heterocycles. The number of carbonyl (C=O) groups excluding carboxylic acids is 3. The van der Waals surface area contributed by atoms with Crippen LogP contribution in [0.15, 0.2) is 40.9 Å². The molecule has 3 aromatic rings. The number of esters is 1. The fraction of sp³-hybridized carbons (Fsp3) is 0.375. The second-order valence-electron chi connectivity index (χ2n) is 8.46. The van der Waals surface area contributed by atoms with Crippen molar-refractivity contribution < 1.29 is 36.7 Å². The van der Waals surface area contributed by atoms with Crippen LogP contribution in [0.3, 0.4) is 0 Å². The van der Waals surface area contributed by atoms with Crippen LogP contribution in [-0.2, 0) is 9.53 Å².